The lowest BCUT2D eigenvalue weighted by molar-refractivity contribution is 0.222. The number of nitrogens with one attached hydrogen (secondary N) is 3. The summed E-state index contributed by atoms with van der Waals surface area (Å²) in [6, 6.07) is 26.9. The van der Waals surface area contributed by atoms with E-state index in [2.05, 4.69) is 81.3 Å². The number of nitrogens with zero attached hydrogens (tertiary/aromatic N) is 10. The van der Waals surface area contributed by atoms with Gasteiger partial charge in [-0.1, -0.05) is 19.1 Å². The first-order valence-corrected chi connectivity index (χ1v) is 30.0. The van der Waals surface area contributed by atoms with Gasteiger partial charge in [0.05, 0.1) is 28.6 Å². The number of fused-ring (bicyclic) bond motifs is 6. The van der Waals surface area contributed by atoms with E-state index < -0.39 is 11.6 Å². The van der Waals surface area contributed by atoms with Crippen molar-refractivity contribution >= 4 is 65.9 Å². The van der Waals surface area contributed by atoms with Crippen LogP contribution in [0.5, 0.6) is 0 Å². The molecule has 2 unspecified atom stereocenters. The highest BCUT2D eigenvalue weighted by Crippen LogP contribution is 2.37. The standard InChI is InChI=1S/C24H24F2N4.C22H20F2N4.C22H24FN5/c1-3-30-8-6-15(7-9-30)17-10-16-4-5-22(27-23(16)20(25)12-17)18-11-19-14-29(2)28-24(19)21(26)13-18;1-28-12-17-9-16(11-19(24)22(17)27-28)20-3-2-14-8-15(10-18(23)21(14)26-20)13-4-6-25-7-5-13;1-12-7-21-16(13(2)25-12)10-19(26-21)15-8-18(23)17-11-20(27-28-22(17)9-15)14-3-5-24-6-4-14/h4-5,10-15H,3,6-9H2,1-2H3;2-3,8-13,25H,4-7H2,1H3;7-11,14,16,21,24,26H,3-6H2,1-2H3. The molecule has 5 aromatic heterocycles. The number of aliphatic imine (C=N–C) groups is 1. The largest absolute Gasteiger partial charge is 0.378 e. The molecule has 86 heavy (non-hydrogen) atoms. The Morgan fingerprint density at radius 1 is 0.523 bits per heavy atom. The molecule has 0 radical (unpaired) electrons. The van der Waals surface area contributed by atoms with Crippen LogP contribution in [0.1, 0.15) is 99.4 Å². The molecule has 3 saturated heterocycles. The molecule has 2 atom stereocenters. The van der Waals surface area contributed by atoms with Crippen LogP contribution >= 0.6 is 0 Å². The highest BCUT2D eigenvalue weighted by molar-refractivity contribution is 5.93. The van der Waals surface area contributed by atoms with Gasteiger partial charge in [0.1, 0.15) is 39.5 Å². The highest BCUT2D eigenvalue weighted by atomic mass is 19.1. The van der Waals surface area contributed by atoms with E-state index in [4.69, 9.17) is 0 Å². The number of halogens is 5. The molecule has 0 spiro atoms. The zero-order chi connectivity index (χ0) is 59.3. The monoisotopic (exact) mass is 1160 g/mol. The fourth-order valence-electron chi connectivity index (χ4n) is 13.2. The van der Waals surface area contributed by atoms with Crippen molar-refractivity contribution in [2.75, 3.05) is 45.8 Å². The van der Waals surface area contributed by atoms with Gasteiger partial charge in [-0.25, -0.2) is 31.9 Å². The van der Waals surface area contributed by atoms with Gasteiger partial charge >= 0.3 is 0 Å². The van der Waals surface area contributed by atoms with Gasteiger partial charge in [0.2, 0.25) is 0 Å². The molecular formula is C68H68F5N13. The summed E-state index contributed by atoms with van der Waals surface area (Å²) in [6.45, 7) is 13.3. The van der Waals surface area contributed by atoms with Crippen molar-refractivity contribution < 1.29 is 22.0 Å². The molecule has 5 aliphatic rings. The van der Waals surface area contributed by atoms with Gasteiger partial charge in [-0.3, -0.25) is 14.4 Å². The van der Waals surface area contributed by atoms with E-state index in [1.807, 2.05) is 68.4 Å². The number of pyridine rings is 2. The van der Waals surface area contributed by atoms with E-state index in [1.54, 1.807) is 54.1 Å². The van der Waals surface area contributed by atoms with Crippen molar-refractivity contribution in [1.82, 2.24) is 60.6 Å². The fourth-order valence-corrected chi connectivity index (χ4v) is 13.2. The number of likely N-dealkylation sites (tertiary alicyclic amines) is 1. The van der Waals surface area contributed by atoms with Crippen molar-refractivity contribution in [3.63, 3.8) is 0 Å². The number of rotatable bonds is 7. The lowest BCUT2D eigenvalue weighted by Crippen LogP contribution is -2.32. The minimum absolute atomic E-state index is 0.180. The molecule has 440 valence electrons. The van der Waals surface area contributed by atoms with Crippen LogP contribution in [0.2, 0.25) is 0 Å². The first-order chi connectivity index (χ1) is 41.7. The maximum absolute atomic E-state index is 15.0. The Labute approximate surface area is 495 Å². The Balaban J connectivity index is 0.000000120. The second-order valence-corrected chi connectivity index (χ2v) is 23.7. The lowest BCUT2D eigenvalue weighted by atomic mass is 9.88. The molecule has 0 amide bonds. The third kappa shape index (κ3) is 11.6. The van der Waals surface area contributed by atoms with Gasteiger partial charge in [0.25, 0.3) is 0 Å². The minimum Gasteiger partial charge on any atom is -0.378 e. The number of aryl methyl sites for hydroxylation is 2. The summed E-state index contributed by atoms with van der Waals surface area (Å²) < 4.78 is 76.9. The summed E-state index contributed by atoms with van der Waals surface area (Å²) in [7, 11) is 3.51. The van der Waals surface area contributed by atoms with Gasteiger partial charge < -0.3 is 20.9 Å². The number of aromatic nitrogens is 8. The molecular weight excluding hydrogens is 1090 g/mol. The van der Waals surface area contributed by atoms with Crippen molar-refractivity contribution in [3.05, 3.63) is 173 Å². The van der Waals surface area contributed by atoms with Crippen molar-refractivity contribution in [1.29, 1.82) is 0 Å². The van der Waals surface area contributed by atoms with Crippen LogP contribution in [0.4, 0.5) is 22.0 Å². The summed E-state index contributed by atoms with van der Waals surface area (Å²) in [5.41, 5.74) is 11.0. The molecule has 0 bridgehead atoms. The zero-order valence-corrected chi connectivity index (χ0v) is 48.9. The molecule has 5 aliphatic heterocycles. The predicted octanol–water partition coefficient (Wildman–Crippen LogP) is 13.3. The van der Waals surface area contributed by atoms with Crippen LogP contribution in [-0.2, 0) is 14.1 Å². The van der Waals surface area contributed by atoms with Gasteiger partial charge in [-0.2, -0.15) is 20.4 Å². The summed E-state index contributed by atoms with van der Waals surface area (Å²) in [6.07, 6.45) is 14.0. The second-order valence-electron chi connectivity index (χ2n) is 23.7. The molecule has 10 aromatic rings. The van der Waals surface area contributed by atoms with E-state index in [0.717, 1.165) is 135 Å². The third-order valence-corrected chi connectivity index (χ3v) is 17.9. The summed E-state index contributed by atoms with van der Waals surface area (Å²) in [5, 5.41) is 30.7. The number of benzene rings is 5. The number of hydrogen-bond donors (Lipinski definition) is 3. The Kier molecular flexibility index (Phi) is 15.8. The Hall–Kier alpha value is -8.32. The molecule has 5 aromatic carbocycles. The summed E-state index contributed by atoms with van der Waals surface area (Å²) in [4.78, 5) is 16.0. The summed E-state index contributed by atoms with van der Waals surface area (Å²) in [5.74, 6) is -0.359. The highest BCUT2D eigenvalue weighted by Gasteiger charge is 2.31. The average molecular weight is 1160 g/mol. The average Bonchev–Trinajstić information content (AvgIpc) is 1.78. The van der Waals surface area contributed by atoms with Gasteiger partial charge in [-0.05, 0) is 212 Å². The number of piperidine rings is 3. The van der Waals surface area contributed by atoms with E-state index in [9.17, 15) is 17.6 Å². The Morgan fingerprint density at radius 2 is 1.05 bits per heavy atom. The molecule has 10 heterocycles. The maximum Gasteiger partial charge on any atom is 0.151 e. The van der Waals surface area contributed by atoms with Gasteiger partial charge in [0.15, 0.2) is 11.6 Å². The van der Waals surface area contributed by atoms with Crippen LogP contribution in [0, 0.1) is 35.0 Å². The molecule has 18 heteroatoms. The molecule has 15 rings (SSSR count). The molecule has 0 aliphatic carbocycles. The number of hydrogen-bond acceptors (Lipinski definition) is 11. The van der Waals surface area contributed by atoms with E-state index >= 15 is 4.39 Å². The zero-order valence-electron chi connectivity index (χ0n) is 48.9. The second kappa shape index (κ2) is 23.9. The number of allylic oxidation sites excluding steroid dienone is 1. The smallest absolute Gasteiger partial charge is 0.151 e. The fraction of sp³-hybridized carbons (Fsp3) is 0.338. The molecule has 0 saturated carbocycles. The van der Waals surface area contributed by atoms with E-state index in [1.165, 1.54) is 12.1 Å². The molecule has 3 N–H and O–H groups in total. The Bertz CT molecular complexity index is 4340. The van der Waals surface area contributed by atoms with Crippen molar-refractivity contribution in [2.45, 2.75) is 83.1 Å². The van der Waals surface area contributed by atoms with Crippen molar-refractivity contribution in [3.8, 4) is 22.5 Å². The maximum atomic E-state index is 15.0. The van der Waals surface area contributed by atoms with E-state index in [0.29, 0.717) is 84.0 Å². The lowest BCUT2D eigenvalue weighted by Gasteiger charge is -2.31. The predicted molar refractivity (Wildman–Crippen MR) is 331 cm³/mol. The van der Waals surface area contributed by atoms with Gasteiger partial charge in [0, 0.05) is 99.1 Å². The topological polar surface area (TPSA) is 139 Å². The SMILES string of the molecule is CC1=CC2NC(c3cc(F)c4cc(C5CCNCC5)nnc4c3)=CC2C(C)=N1.CCN1CCC(c2cc(F)c3nc(-c4cc(F)c5nn(C)cc5c4)ccc3c2)CC1.Cn1cc2cc(-c3ccc4cc(C5CCNCC5)cc(F)c4n3)cc(F)c2n1. The minimum atomic E-state index is -0.406. The summed E-state index contributed by atoms with van der Waals surface area (Å²) >= 11 is 0. The van der Waals surface area contributed by atoms with Gasteiger partial charge in [-0.15, -0.1) is 0 Å². The Morgan fingerprint density at radius 3 is 1.60 bits per heavy atom. The van der Waals surface area contributed by atoms with Crippen LogP contribution in [0.3, 0.4) is 0 Å². The molecule has 3 fully saturated rings. The third-order valence-electron chi connectivity index (χ3n) is 17.9. The van der Waals surface area contributed by atoms with Crippen molar-refractivity contribution in [2.24, 2.45) is 25.0 Å². The first kappa shape index (κ1) is 56.8. The quantitative estimate of drug-likeness (QED) is 0.132. The van der Waals surface area contributed by atoms with Crippen LogP contribution in [0.25, 0.3) is 82.7 Å². The first-order valence-electron chi connectivity index (χ1n) is 30.0. The van der Waals surface area contributed by atoms with Crippen LogP contribution in [-0.4, -0.2) is 102 Å². The van der Waals surface area contributed by atoms with E-state index in [-0.39, 0.29) is 29.4 Å². The molecule has 13 nitrogen and oxygen atoms in total. The van der Waals surface area contributed by atoms with Crippen LogP contribution in [0.15, 0.2) is 126 Å². The van der Waals surface area contributed by atoms with Crippen LogP contribution < -0.4 is 16.0 Å². The normalized spacial score (nSPS) is 18.8.